The van der Waals surface area contributed by atoms with Crippen molar-refractivity contribution in [3.8, 4) is 5.75 Å². The molecule has 3 nitrogen and oxygen atoms in total. The van der Waals surface area contributed by atoms with Gasteiger partial charge in [0.15, 0.2) is 0 Å². The topological polar surface area (TPSA) is 38.3 Å². The lowest BCUT2D eigenvalue weighted by Gasteiger charge is -2.11. The van der Waals surface area contributed by atoms with Crippen LogP contribution in [0.15, 0.2) is 18.2 Å². The number of ether oxygens (including phenoxy) is 1. The van der Waals surface area contributed by atoms with Crippen molar-refractivity contribution in [1.82, 2.24) is 5.32 Å². The van der Waals surface area contributed by atoms with Gasteiger partial charge < -0.3 is 10.1 Å². The molecule has 1 aromatic carbocycles. The maximum Gasteiger partial charge on any atom is 0.220 e. The minimum atomic E-state index is 0.0919. The van der Waals surface area contributed by atoms with Gasteiger partial charge in [0.25, 0.3) is 0 Å². The molecule has 1 amide bonds. The van der Waals surface area contributed by atoms with Gasteiger partial charge in [0.05, 0.1) is 6.54 Å². The van der Waals surface area contributed by atoms with Crippen LogP contribution in [-0.2, 0) is 4.79 Å². The molecule has 1 aromatic rings. The highest BCUT2D eigenvalue weighted by Gasteiger charge is 2.04. The van der Waals surface area contributed by atoms with E-state index in [1.807, 2.05) is 32.9 Å². The average molecular weight is 249 g/mol. The van der Waals surface area contributed by atoms with Gasteiger partial charge in [-0.2, -0.15) is 0 Å². The highest BCUT2D eigenvalue weighted by Crippen LogP contribution is 2.18. The molecule has 0 saturated heterocycles. The number of hydrogen-bond acceptors (Lipinski definition) is 2. The van der Waals surface area contributed by atoms with Crippen LogP contribution in [0, 0.1) is 19.8 Å². The van der Waals surface area contributed by atoms with Crippen molar-refractivity contribution in [3.05, 3.63) is 29.3 Å². The molecule has 0 heterocycles. The van der Waals surface area contributed by atoms with Crippen LogP contribution < -0.4 is 10.1 Å². The second-order valence-corrected chi connectivity index (χ2v) is 5.07. The van der Waals surface area contributed by atoms with Crippen LogP contribution in [0.1, 0.15) is 31.4 Å². The third-order valence-electron chi connectivity index (χ3n) is 2.61. The number of nitrogens with one attached hydrogen (secondary N) is 1. The fraction of sp³-hybridized carbons (Fsp3) is 0.533. The molecule has 0 bridgehead atoms. The molecular formula is C15H23NO2. The highest BCUT2D eigenvalue weighted by atomic mass is 16.5. The van der Waals surface area contributed by atoms with Crippen LogP contribution in [0.25, 0.3) is 0 Å². The third-order valence-corrected chi connectivity index (χ3v) is 2.61. The van der Waals surface area contributed by atoms with E-state index in [9.17, 15) is 4.79 Å². The minimum Gasteiger partial charge on any atom is -0.491 e. The maximum atomic E-state index is 11.4. The van der Waals surface area contributed by atoms with Crippen molar-refractivity contribution in [2.75, 3.05) is 13.2 Å². The zero-order valence-electron chi connectivity index (χ0n) is 11.7. The molecular weight excluding hydrogens is 226 g/mol. The third kappa shape index (κ3) is 5.21. The summed E-state index contributed by atoms with van der Waals surface area (Å²) in [6.45, 7) is 9.21. The Labute approximate surface area is 110 Å². The maximum absolute atomic E-state index is 11.4. The van der Waals surface area contributed by atoms with Gasteiger partial charge in [-0.15, -0.1) is 0 Å². The SMILES string of the molecule is Cc1ccc(OCCNC(=O)CC(C)C)c(C)c1. The highest BCUT2D eigenvalue weighted by molar-refractivity contribution is 5.75. The Kier molecular flexibility index (Phi) is 5.69. The molecule has 0 aliphatic carbocycles. The fourth-order valence-electron chi connectivity index (χ4n) is 1.76. The van der Waals surface area contributed by atoms with Gasteiger partial charge >= 0.3 is 0 Å². The Hall–Kier alpha value is -1.51. The Morgan fingerprint density at radius 3 is 2.67 bits per heavy atom. The lowest BCUT2D eigenvalue weighted by molar-refractivity contribution is -0.121. The summed E-state index contributed by atoms with van der Waals surface area (Å²) in [4.78, 5) is 11.4. The van der Waals surface area contributed by atoms with Crippen molar-refractivity contribution in [3.63, 3.8) is 0 Å². The number of hydrogen-bond donors (Lipinski definition) is 1. The molecule has 0 spiro atoms. The summed E-state index contributed by atoms with van der Waals surface area (Å²) < 4.78 is 5.63. The second kappa shape index (κ2) is 7.04. The van der Waals surface area contributed by atoms with E-state index in [0.29, 0.717) is 25.5 Å². The van der Waals surface area contributed by atoms with Gasteiger partial charge in [-0.3, -0.25) is 4.79 Å². The zero-order valence-corrected chi connectivity index (χ0v) is 11.7. The monoisotopic (exact) mass is 249 g/mol. The van der Waals surface area contributed by atoms with Crippen LogP contribution in [-0.4, -0.2) is 19.1 Å². The van der Waals surface area contributed by atoms with Gasteiger partial charge in [0, 0.05) is 6.42 Å². The molecule has 1 rings (SSSR count). The smallest absolute Gasteiger partial charge is 0.220 e. The van der Waals surface area contributed by atoms with Crippen LogP contribution in [0.3, 0.4) is 0 Å². The van der Waals surface area contributed by atoms with Crippen molar-refractivity contribution >= 4 is 5.91 Å². The van der Waals surface area contributed by atoms with E-state index in [2.05, 4.69) is 18.3 Å². The van der Waals surface area contributed by atoms with Crippen LogP contribution >= 0.6 is 0 Å². The molecule has 0 aliphatic rings. The van der Waals surface area contributed by atoms with E-state index in [4.69, 9.17) is 4.74 Å². The van der Waals surface area contributed by atoms with E-state index >= 15 is 0 Å². The molecule has 0 unspecified atom stereocenters. The Morgan fingerprint density at radius 1 is 1.33 bits per heavy atom. The molecule has 0 aromatic heterocycles. The van der Waals surface area contributed by atoms with Crippen LogP contribution in [0.5, 0.6) is 5.75 Å². The number of carbonyl (C=O) groups excluding carboxylic acids is 1. The molecule has 100 valence electrons. The van der Waals surface area contributed by atoms with E-state index in [0.717, 1.165) is 11.3 Å². The summed E-state index contributed by atoms with van der Waals surface area (Å²) in [5.74, 6) is 1.37. The predicted octanol–water partition coefficient (Wildman–Crippen LogP) is 2.84. The van der Waals surface area contributed by atoms with Gasteiger partial charge in [-0.1, -0.05) is 31.5 Å². The lowest BCUT2D eigenvalue weighted by atomic mass is 10.1. The summed E-state index contributed by atoms with van der Waals surface area (Å²) in [6, 6.07) is 6.09. The van der Waals surface area contributed by atoms with Crippen molar-refractivity contribution < 1.29 is 9.53 Å². The number of amides is 1. The predicted molar refractivity (Wildman–Crippen MR) is 73.9 cm³/mol. The molecule has 18 heavy (non-hydrogen) atoms. The number of aryl methyl sites for hydroxylation is 2. The van der Waals surface area contributed by atoms with Crippen molar-refractivity contribution in [2.45, 2.75) is 34.1 Å². The average Bonchev–Trinajstić information content (AvgIpc) is 2.25. The number of carbonyl (C=O) groups is 1. The van der Waals surface area contributed by atoms with Crippen LogP contribution in [0.4, 0.5) is 0 Å². The quantitative estimate of drug-likeness (QED) is 0.787. The van der Waals surface area contributed by atoms with Crippen molar-refractivity contribution in [2.24, 2.45) is 5.92 Å². The first kappa shape index (κ1) is 14.6. The van der Waals surface area contributed by atoms with E-state index in [-0.39, 0.29) is 5.91 Å². The zero-order chi connectivity index (χ0) is 13.5. The Balaban J connectivity index is 2.27. The summed E-state index contributed by atoms with van der Waals surface area (Å²) in [5, 5.41) is 2.85. The minimum absolute atomic E-state index is 0.0919. The second-order valence-electron chi connectivity index (χ2n) is 5.07. The van der Waals surface area contributed by atoms with Gasteiger partial charge in [-0.25, -0.2) is 0 Å². The summed E-state index contributed by atoms with van der Waals surface area (Å²) in [7, 11) is 0. The fourth-order valence-corrected chi connectivity index (χ4v) is 1.76. The summed E-state index contributed by atoms with van der Waals surface area (Å²) in [5.41, 5.74) is 2.36. The number of benzene rings is 1. The van der Waals surface area contributed by atoms with Crippen LogP contribution in [0.2, 0.25) is 0 Å². The standard InChI is InChI=1S/C15H23NO2/c1-11(2)9-15(17)16-7-8-18-14-6-5-12(3)10-13(14)4/h5-6,10-11H,7-9H2,1-4H3,(H,16,17). The molecule has 0 radical (unpaired) electrons. The molecule has 0 aliphatic heterocycles. The largest absolute Gasteiger partial charge is 0.491 e. The molecule has 1 N–H and O–H groups in total. The molecule has 0 atom stereocenters. The summed E-state index contributed by atoms with van der Waals surface area (Å²) in [6.07, 6.45) is 0.573. The molecule has 0 saturated carbocycles. The first-order valence-corrected chi connectivity index (χ1v) is 6.46. The van der Waals surface area contributed by atoms with E-state index in [1.54, 1.807) is 0 Å². The van der Waals surface area contributed by atoms with Gasteiger partial charge in [-0.05, 0) is 31.4 Å². The number of rotatable bonds is 6. The van der Waals surface area contributed by atoms with Gasteiger partial charge in [0.1, 0.15) is 12.4 Å². The Bertz CT molecular complexity index is 399. The lowest BCUT2D eigenvalue weighted by Crippen LogP contribution is -2.28. The normalized spacial score (nSPS) is 10.5. The first-order valence-electron chi connectivity index (χ1n) is 6.46. The molecule has 3 heteroatoms. The van der Waals surface area contributed by atoms with Crippen molar-refractivity contribution in [1.29, 1.82) is 0 Å². The van der Waals surface area contributed by atoms with E-state index in [1.165, 1.54) is 5.56 Å². The Morgan fingerprint density at radius 2 is 2.06 bits per heavy atom. The summed E-state index contributed by atoms with van der Waals surface area (Å²) >= 11 is 0. The van der Waals surface area contributed by atoms with Gasteiger partial charge in [0.2, 0.25) is 5.91 Å². The van der Waals surface area contributed by atoms with E-state index < -0.39 is 0 Å². The molecule has 0 fully saturated rings. The first-order chi connectivity index (χ1) is 8.49.